The second-order valence-corrected chi connectivity index (χ2v) is 15.7. The molecule has 0 bridgehead atoms. The fourth-order valence-corrected chi connectivity index (χ4v) is 8.97. The van der Waals surface area contributed by atoms with Gasteiger partial charge in [0.2, 0.25) is 11.8 Å². The lowest BCUT2D eigenvalue weighted by Crippen LogP contribution is -2.34. The highest BCUT2D eigenvalue weighted by molar-refractivity contribution is 9.11. The van der Waals surface area contributed by atoms with E-state index in [9.17, 15) is 9.59 Å². The number of rotatable bonds is 8. The highest BCUT2D eigenvalue weighted by atomic mass is 79.9. The number of amides is 2. The molecule has 0 aliphatic carbocycles. The van der Waals surface area contributed by atoms with E-state index in [1.807, 2.05) is 94.7 Å². The lowest BCUT2D eigenvalue weighted by atomic mass is 9.99. The Bertz CT molecular complexity index is 1780. The molecule has 2 aliphatic rings. The van der Waals surface area contributed by atoms with Crippen LogP contribution in [0.4, 0.5) is 0 Å². The van der Waals surface area contributed by atoms with Gasteiger partial charge in [-0.1, -0.05) is 115 Å². The second-order valence-electron chi connectivity index (χ2n) is 12.2. The molecule has 9 heteroatoms. The summed E-state index contributed by atoms with van der Waals surface area (Å²) < 4.78 is 1.81. The van der Waals surface area contributed by atoms with E-state index in [1.165, 1.54) is 24.6 Å². The minimum atomic E-state index is 0.0190. The van der Waals surface area contributed by atoms with Crippen molar-refractivity contribution >= 4 is 90.8 Å². The van der Waals surface area contributed by atoms with Crippen LogP contribution in [0.1, 0.15) is 49.7 Å². The van der Waals surface area contributed by atoms with Gasteiger partial charge >= 0.3 is 0 Å². The van der Waals surface area contributed by atoms with Crippen molar-refractivity contribution in [1.29, 1.82) is 0 Å². The predicted molar refractivity (Wildman–Crippen MR) is 212 cm³/mol. The van der Waals surface area contributed by atoms with Crippen molar-refractivity contribution < 1.29 is 9.59 Å². The third-order valence-corrected chi connectivity index (χ3v) is 12.4. The summed E-state index contributed by atoms with van der Waals surface area (Å²) in [4.78, 5) is 31.5. The Hall–Kier alpha value is -2.81. The van der Waals surface area contributed by atoms with Gasteiger partial charge in [0.05, 0.1) is 10.0 Å². The Kier molecular flexibility index (Phi) is 12.4. The van der Waals surface area contributed by atoms with Gasteiger partial charge in [0.25, 0.3) is 0 Å². The summed E-state index contributed by atoms with van der Waals surface area (Å²) in [5.74, 6) is 0.0380. The Labute approximate surface area is 319 Å². The van der Waals surface area contributed by atoms with E-state index in [1.54, 1.807) is 12.2 Å². The zero-order valence-corrected chi connectivity index (χ0v) is 32.4. The molecule has 4 aromatic rings. The number of carbonyl (C=O) groups excluding carboxylic acids is 2. The van der Waals surface area contributed by atoms with Crippen LogP contribution < -0.4 is 0 Å². The summed E-state index contributed by atoms with van der Waals surface area (Å²) in [6, 6.07) is 23.9. The van der Waals surface area contributed by atoms with Gasteiger partial charge in [-0.25, -0.2) is 0 Å². The molecular weight excluding hydrogens is 803 g/mol. The molecule has 49 heavy (non-hydrogen) atoms. The SMILES string of the molecule is O=C(C=Cc1ccc(Sc2ccc(C=CC(=O)N3CCCCC3)c(-c3ccccc3Br)c2Cl)c(Cl)c1-c1ccccc1Br)N1CCCCC1. The second kappa shape index (κ2) is 16.9. The maximum atomic E-state index is 13.0. The number of halogens is 4. The van der Waals surface area contributed by atoms with Crippen molar-refractivity contribution in [3.63, 3.8) is 0 Å². The summed E-state index contributed by atoms with van der Waals surface area (Å²) in [7, 11) is 0. The molecule has 4 nitrogen and oxygen atoms in total. The van der Waals surface area contributed by atoms with Crippen molar-refractivity contribution in [2.75, 3.05) is 26.2 Å². The number of likely N-dealkylation sites (tertiary alicyclic amines) is 2. The van der Waals surface area contributed by atoms with E-state index in [0.29, 0.717) is 10.0 Å². The van der Waals surface area contributed by atoms with E-state index in [-0.39, 0.29) is 11.8 Å². The lowest BCUT2D eigenvalue weighted by molar-refractivity contribution is -0.127. The highest BCUT2D eigenvalue weighted by Crippen LogP contribution is 2.48. The summed E-state index contributed by atoms with van der Waals surface area (Å²) in [5, 5.41) is 1.14. The van der Waals surface area contributed by atoms with Crippen molar-refractivity contribution in [2.24, 2.45) is 0 Å². The van der Waals surface area contributed by atoms with Gasteiger partial charge in [0.1, 0.15) is 0 Å². The monoisotopic (exact) mass is 836 g/mol. The molecule has 2 heterocycles. The molecule has 4 aromatic carbocycles. The van der Waals surface area contributed by atoms with Gasteiger partial charge in [-0.15, -0.1) is 0 Å². The van der Waals surface area contributed by atoms with E-state index in [4.69, 9.17) is 23.2 Å². The van der Waals surface area contributed by atoms with Crippen LogP contribution >= 0.6 is 66.8 Å². The predicted octanol–water partition coefficient (Wildman–Crippen LogP) is 12.1. The van der Waals surface area contributed by atoms with E-state index in [0.717, 1.165) is 104 Å². The van der Waals surface area contributed by atoms with E-state index >= 15 is 0 Å². The number of nitrogens with zero attached hydrogens (tertiary/aromatic N) is 2. The van der Waals surface area contributed by atoms with E-state index in [2.05, 4.69) is 31.9 Å². The summed E-state index contributed by atoms with van der Waals surface area (Å²) >= 11 is 23.5. The highest BCUT2D eigenvalue weighted by Gasteiger charge is 2.21. The third-order valence-electron chi connectivity index (χ3n) is 8.93. The first-order valence-corrected chi connectivity index (χ1v) is 19.7. The average molecular weight is 840 g/mol. The minimum Gasteiger partial charge on any atom is -0.339 e. The van der Waals surface area contributed by atoms with Gasteiger partial charge in [0, 0.05) is 68.2 Å². The van der Waals surface area contributed by atoms with Crippen LogP contribution in [0.3, 0.4) is 0 Å². The molecule has 0 saturated carbocycles. The topological polar surface area (TPSA) is 40.6 Å². The van der Waals surface area contributed by atoms with Gasteiger partial charge in [-0.2, -0.15) is 0 Å². The van der Waals surface area contributed by atoms with Crippen LogP contribution in [0.5, 0.6) is 0 Å². The molecule has 0 atom stereocenters. The number of carbonyl (C=O) groups is 2. The van der Waals surface area contributed by atoms with Gasteiger partial charge in [-0.05, 0) is 97.2 Å². The molecule has 0 radical (unpaired) electrons. The van der Waals surface area contributed by atoms with Gasteiger partial charge < -0.3 is 9.80 Å². The molecule has 0 N–H and O–H groups in total. The minimum absolute atomic E-state index is 0.0190. The van der Waals surface area contributed by atoms with Crippen LogP contribution in [0.15, 0.2) is 104 Å². The first-order chi connectivity index (χ1) is 23.8. The number of hydrogen-bond donors (Lipinski definition) is 0. The maximum absolute atomic E-state index is 13.0. The number of hydrogen-bond acceptors (Lipinski definition) is 3. The Morgan fingerprint density at radius 3 is 1.35 bits per heavy atom. The zero-order chi connectivity index (χ0) is 34.3. The van der Waals surface area contributed by atoms with Crippen molar-refractivity contribution in [1.82, 2.24) is 9.80 Å². The fraction of sp³-hybridized carbons (Fsp3) is 0.250. The molecule has 0 unspecified atom stereocenters. The molecule has 2 aliphatic heterocycles. The molecule has 252 valence electrons. The third kappa shape index (κ3) is 8.57. The Morgan fingerprint density at radius 2 is 0.959 bits per heavy atom. The summed E-state index contributed by atoms with van der Waals surface area (Å²) in [6.07, 6.45) is 13.6. The maximum Gasteiger partial charge on any atom is 0.246 e. The van der Waals surface area contributed by atoms with Crippen LogP contribution in [-0.4, -0.2) is 47.8 Å². The van der Waals surface area contributed by atoms with Crippen molar-refractivity contribution in [3.05, 3.63) is 115 Å². The fourth-order valence-electron chi connectivity index (χ4n) is 6.33. The largest absolute Gasteiger partial charge is 0.339 e. The average Bonchev–Trinajstić information content (AvgIpc) is 3.13. The lowest BCUT2D eigenvalue weighted by Gasteiger charge is -2.25. The normalized spacial score (nSPS) is 15.3. The van der Waals surface area contributed by atoms with E-state index < -0.39 is 0 Å². The van der Waals surface area contributed by atoms with Gasteiger partial charge in [-0.3, -0.25) is 9.59 Å². The molecule has 0 spiro atoms. The zero-order valence-electron chi connectivity index (χ0n) is 26.9. The number of piperidine rings is 2. The smallest absolute Gasteiger partial charge is 0.246 e. The molecule has 6 rings (SSSR count). The molecule has 2 amide bonds. The molecule has 0 aromatic heterocycles. The Balaban J connectivity index is 1.38. The van der Waals surface area contributed by atoms with Crippen molar-refractivity contribution in [2.45, 2.75) is 48.3 Å². The molecule has 2 fully saturated rings. The first-order valence-electron chi connectivity index (χ1n) is 16.6. The number of benzene rings is 4. The molecule has 2 saturated heterocycles. The quantitative estimate of drug-likeness (QED) is 0.166. The van der Waals surface area contributed by atoms with Crippen LogP contribution in [0.25, 0.3) is 34.4 Å². The summed E-state index contributed by atoms with van der Waals surface area (Å²) in [6.45, 7) is 3.18. The van der Waals surface area contributed by atoms with Crippen molar-refractivity contribution in [3.8, 4) is 22.3 Å². The van der Waals surface area contributed by atoms with Crippen LogP contribution in [0.2, 0.25) is 10.0 Å². The standard InChI is InChI=1S/C40H36Br2Cl2N2O2S/c41-31-13-5-3-11-29(31)37-27(17-21-35(47)45-23-7-1-8-24-45)15-19-33(39(37)43)49-34-20-16-28(18-22-36(48)46-25-9-2-10-26-46)38(40(34)44)30-12-4-6-14-32(30)42/h3-6,11-22H,1-2,7-10,23-26H2. The first kappa shape index (κ1) is 36.0. The Morgan fingerprint density at radius 1 is 0.571 bits per heavy atom. The van der Waals surface area contributed by atoms with Crippen LogP contribution in [-0.2, 0) is 9.59 Å². The van der Waals surface area contributed by atoms with Gasteiger partial charge in [0.15, 0.2) is 0 Å². The van der Waals surface area contributed by atoms with Crippen LogP contribution in [0, 0.1) is 0 Å². The summed E-state index contributed by atoms with van der Waals surface area (Å²) in [5.41, 5.74) is 5.23. The molecular formula is C40H36Br2Cl2N2O2S.